The Morgan fingerprint density at radius 1 is 1.14 bits per heavy atom. The topological polar surface area (TPSA) is 86.2 Å². The molecule has 1 heterocycles. The minimum Gasteiger partial charge on any atom is -0.423 e. The summed E-state index contributed by atoms with van der Waals surface area (Å²) < 4.78 is 0. The Morgan fingerprint density at radius 2 is 1.90 bits per heavy atom. The lowest BCUT2D eigenvalue weighted by molar-refractivity contribution is 0.426. The van der Waals surface area contributed by atoms with Gasteiger partial charge in [-0.15, -0.1) is 0 Å². The largest absolute Gasteiger partial charge is 0.488 e. The third-order valence-electron chi connectivity index (χ3n) is 3.43. The second-order valence-electron chi connectivity index (χ2n) is 4.88. The van der Waals surface area contributed by atoms with E-state index < -0.39 is 7.12 Å². The number of fused-ring (bicyclic) bond motifs is 1. The minimum absolute atomic E-state index is 0.218. The van der Waals surface area contributed by atoms with Gasteiger partial charge >= 0.3 is 7.12 Å². The van der Waals surface area contributed by atoms with Gasteiger partial charge in [-0.1, -0.05) is 30.3 Å². The zero-order valence-corrected chi connectivity index (χ0v) is 11.4. The van der Waals surface area contributed by atoms with E-state index in [4.69, 9.17) is 0 Å². The molecule has 0 bridgehead atoms. The van der Waals surface area contributed by atoms with Crippen molar-refractivity contribution in [2.24, 2.45) is 0 Å². The van der Waals surface area contributed by atoms with Gasteiger partial charge in [0.05, 0.1) is 10.9 Å². The fraction of sp³-hybridized carbons (Fsp3) is 0.0667. The molecule has 104 valence electrons. The van der Waals surface area contributed by atoms with Crippen LogP contribution in [0.1, 0.15) is 5.56 Å². The molecular weight excluding hydrogens is 267 g/mol. The molecule has 0 amide bonds. The van der Waals surface area contributed by atoms with Crippen molar-refractivity contribution in [3.63, 3.8) is 0 Å². The Hall–Kier alpha value is -2.44. The van der Waals surface area contributed by atoms with Gasteiger partial charge in [0.2, 0.25) is 0 Å². The average Bonchev–Trinajstić information content (AvgIpc) is 2.47. The van der Waals surface area contributed by atoms with E-state index in [2.05, 4.69) is 9.97 Å². The summed E-state index contributed by atoms with van der Waals surface area (Å²) in [5.74, 6) is 0.415. The van der Waals surface area contributed by atoms with Gasteiger partial charge in [0, 0.05) is 5.56 Å². The van der Waals surface area contributed by atoms with Crippen molar-refractivity contribution in [2.75, 3.05) is 0 Å². The molecule has 0 radical (unpaired) electrons. The van der Waals surface area contributed by atoms with E-state index in [0.717, 1.165) is 5.56 Å². The maximum absolute atomic E-state index is 12.1. The van der Waals surface area contributed by atoms with Gasteiger partial charge in [0.15, 0.2) is 0 Å². The molecule has 2 aromatic carbocycles. The second-order valence-corrected chi connectivity index (χ2v) is 4.88. The molecule has 0 aliphatic heterocycles. The summed E-state index contributed by atoms with van der Waals surface area (Å²) in [6.45, 7) is 1.87. The Kier molecular flexibility index (Phi) is 3.33. The lowest BCUT2D eigenvalue weighted by atomic mass is 9.79. The van der Waals surface area contributed by atoms with Crippen LogP contribution in [-0.4, -0.2) is 27.1 Å². The molecule has 0 fully saturated rings. The van der Waals surface area contributed by atoms with Crippen LogP contribution in [0.3, 0.4) is 0 Å². The van der Waals surface area contributed by atoms with Crippen LogP contribution >= 0.6 is 0 Å². The summed E-state index contributed by atoms with van der Waals surface area (Å²) in [4.78, 5) is 19.3. The predicted molar refractivity (Wildman–Crippen MR) is 82.4 cm³/mol. The van der Waals surface area contributed by atoms with Crippen LogP contribution in [0.25, 0.3) is 22.3 Å². The van der Waals surface area contributed by atoms with Gasteiger partial charge in [-0.05, 0) is 30.1 Å². The van der Waals surface area contributed by atoms with Crippen molar-refractivity contribution in [1.82, 2.24) is 9.97 Å². The van der Waals surface area contributed by atoms with Crippen LogP contribution in [0.2, 0.25) is 0 Å². The van der Waals surface area contributed by atoms with Crippen molar-refractivity contribution in [2.45, 2.75) is 6.92 Å². The van der Waals surface area contributed by atoms with Crippen LogP contribution in [0, 0.1) is 6.92 Å². The minimum atomic E-state index is -1.56. The van der Waals surface area contributed by atoms with E-state index in [0.29, 0.717) is 27.8 Å². The molecule has 0 atom stereocenters. The average molecular weight is 280 g/mol. The third kappa shape index (κ3) is 2.46. The molecule has 0 aliphatic rings. The van der Waals surface area contributed by atoms with Crippen LogP contribution in [-0.2, 0) is 0 Å². The monoisotopic (exact) mass is 280 g/mol. The van der Waals surface area contributed by atoms with Crippen molar-refractivity contribution in [3.05, 3.63) is 58.4 Å². The molecule has 0 unspecified atom stereocenters. The predicted octanol–water partition coefficient (Wildman–Crippen LogP) is 0.578. The lowest BCUT2D eigenvalue weighted by Gasteiger charge is -2.09. The number of nitrogens with one attached hydrogen (secondary N) is 1. The maximum atomic E-state index is 12.1. The Balaban J connectivity index is 2.25. The summed E-state index contributed by atoms with van der Waals surface area (Å²) in [7, 11) is -1.56. The summed E-state index contributed by atoms with van der Waals surface area (Å²) in [5, 5.41) is 19.1. The molecule has 0 spiro atoms. The van der Waals surface area contributed by atoms with Crippen LogP contribution in [0.4, 0.5) is 0 Å². The van der Waals surface area contributed by atoms with Gasteiger partial charge in [0.1, 0.15) is 5.82 Å². The number of hydrogen-bond acceptors (Lipinski definition) is 4. The highest BCUT2D eigenvalue weighted by atomic mass is 16.4. The molecule has 3 N–H and O–H groups in total. The Morgan fingerprint density at radius 3 is 2.67 bits per heavy atom. The van der Waals surface area contributed by atoms with Gasteiger partial charge < -0.3 is 15.0 Å². The Labute approximate surface area is 121 Å². The second kappa shape index (κ2) is 5.16. The molecule has 3 aromatic rings. The van der Waals surface area contributed by atoms with Crippen LogP contribution in [0.15, 0.2) is 47.3 Å². The number of H-pyrrole nitrogens is 1. The summed E-state index contributed by atoms with van der Waals surface area (Å²) in [6.07, 6.45) is 0. The fourth-order valence-electron chi connectivity index (χ4n) is 2.27. The first-order valence-electron chi connectivity index (χ1n) is 6.52. The van der Waals surface area contributed by atoms with E-state index in [1.807, 2.05) is 13.0 Å². The highest BCUT2D eigenvalue weighted by Crippen LogP contribution is 2.19. The Bertz CT molecular complexity index is 874. The molecule has 6 heteroatoms. The molecule has 1 aromatic heterocycles. The molecule has 5 nitrogen and oxygen atoms in total. The van der Waals surface area contributed by atoms with Crippen LogP contribution in [0.5, 0.6) is 0 Å². The van der Waals surface area contributed by atoms with Crippen LogP contribution < -0.4 is 11.0 Å². The summed E-state index contributed by atoms with van der Waals surface area (Å²) >= 11 is 0. The van der Waals surface area contributed by atoms with Gasteiger partial charge in [-0.2, -0.15) is 0 Å². The number of benzene rings is 2. The number of aromatic nitrogens is 2. The number of hydrogen-bond donors (Lipinski definition) is 3. The van der Waals surface area contributed by atoms with E-state index in [1.165, 1.54) is 0 Å². The standard InChI is InChI=1S/C15H13BN2O3/c1-9-6-7-10(16(20)21)8-12(9)14-17-13-5-3-2-4-11(13)15(19)18-14/h2-8,20-21H,1H3,(H,17,18,19). The molecule has 0 saturated heterocycles. The molecule has 0 aliphatic carbocycles. The van der Waals surface area contributed by atoms with Gasteiger partial charge in [-0.3, -0.25) is 4.79 Å². The highest BCUT2D eigenvalue weighted by molar-refractivity contribution is 6.58. The fourth-order valence-corrected chi connectivity index (χ4v) is 2.27. The molecule has 0 saturated carbocycles. The summed E-state index contributed by atoms with van der Waals surface area (Å²) in [5.41, 5.74) is 2.29. The normalized spacial score (nSPS) is 10.8. The van der Waals surface area contributed by atoms with Crippen molar-refractivity contribution in [3.8, 4) is 11.4 Å². The number of rotatable bonds is 2. The van der Waals surface area contributed by atoms with Crippen molar-refractivity contribution < 1.29 is 10.0 Å². The summed E-state index contributed by atoms with van der Waals surface area (Å²) in [6, 6.07) is 12.1. The number of nitrogens with zero attached hydrogens (tertiary/aromatic N) is 1. The quantitative estimate of drug-likeness (QED) is 0.599. The first kappa shape index (κ1) is 13.5. The van der Waals surface area contributed by atoms with Crippen molar-refractivity contribution in [1.29, 1.82) is 0 Å². The van der Waals surface area contributed by atoms with Crippen molar-refractivity contribution >= 4 is 23.5 Å². The highest BCUT2D eigenvalue weighted by Gasteiger charge is 2.14. The van der Waals surface area contributed by atoms with E-state index >= 15 is 0 Å². The first-order valence-corrected chi connectivity index (χ1v) is 6.52. The molecule has 3 rings (SSSR count). The zero-order valence-electron chi connectivity index (χ0n) is 11.4. The van der Waals surface area contributed by atoms with E-state index in [-0.39, 0.29) is 5.56 Å². The number of para-hydroxylation sites is 1. The van der Waals surface area contributed by atoms with Gasteiger partial charge in [0.25, 0.3) is 5.56 Å². The number of aromatic amines is 1. The maximum Gasteiger partial charge on any atom is 0.488 e. The number of aryl methyl sites for hydroxylation is 1. The zero-order chi connectivity index (χ0) is 15.0. The SMILES string of the molecule is Cc1ccc(B(O)O)cc1-c1nc2ccccc2c(=O)[nH]1. The molecular formula is C15H13BN2O3. The van der Waals surface area contributed by atoms with Gasteiger partial charge in [-0.25, -0.2) is 4.98 Å². The lowest BCUT2D eigenvalue weighted by Crippen LogP contribution is -2.30. The smallest absolute Gasteiger partial charge is 0.423 e. The molecule has 21 heavy (non-hydrogen) atoms. The first-order chi connectivity index (χ1) is 10.1. The third-order valence-corrected chi connectivity index (χ3v) is 3.43. The van der Waals surface area contributed by atoms with E-state index in [1.54, 1.807) is 36.4 Å². The van der Waals surface area contributed by atoms with E-state index in [9.17, 15) is 14.8 Å².